The minimum atomic E-state index is 0. The van der Waals surface area contributed by atoms with Crippen LogP contribution in [0.3, 0.4) is 0 Å². The van der Waals surface area contributed by atoms with E-state index in [-0.39, 0.29) is 36.2 Å². The predicted octanol–water partition coefficient (Wildman–Crippen LogP) is 3.64. The number of nitrogens with zero attached hydrogens (tertiary/aromatic N) is 2. The molecule has 3 rings (SSSR count). The Hall–Kier alpha value is -0.860. The predicted molar refractivity (Wildman–Crippen MR) is 121 cm³/mol. The summed E-state index contributed by atoms with van der Waals surface area (Å²) in [7, 11) is 0. The summed E-state index contributed by atoms with van der Waals surface area (Å²) in [5, 5.41) is 3.47. The smallest absolute Gasteiger partial charge is 0.194 e. The first-order chi connectivity index (χ1) is 12.8. The van der Waals surface area contributed by atoms with E-state index >= 15 is 0 Å². The molecule has 27 heavy (non-hydrogen) atoms. The van der Waals surface area contributed by atoms with E-state index in [4.69, 9.17) is 14.5 Å². The molecule has 2 heterocycles. The van der Waals surface area contributed by atoms with Crippen molar-refractivity contribution in [1.29, 1.82) is 0 Å². The molecule has 0 bridgehead atoms. The van der Waals surface area contributed by atoms with Gasteiger partial charge in [-0.1, -0.05) is 37.3 Å². The average molecular weight is 487 g/mol. The van der Waals surface area contributed by atoms with Crippen molar-refractivity contribution in [3.63, 3.8) is 0 Å². The van der Waals surface area contributed by atoms with Crippen molar-refractivity contribution in [2.75, 3.05) is 39.4 Å². The van der Waals surface area contributed by atoms with Crippen LogP contribution in [0.15, 0.2) is 35.3 Å². The van der Waals surface area contributed by atoms with Crippen molar-refractivity contribution in [2.24, 2.45) is 4.99 Å². The lowest BCUT2D eigenvalue weighted by Gasteiger charge is -2.37. The third kappa shape index (κ3) is 6.32. The SMILES string of the molecule is CCNC(=NCC(CC)c1ccccc1)N1CCOC(C2CCCO2)C1.I. The van der Waals surface area contributed by atoms with Gasteiger partial charge in [-0.3, -0.25) is 4.99 Å². The molecule has 0 amide bonds. The molecule has 1 aromatic rings. The highest BCUT2D eigenvalue weighted by molar-refractivity contribution is 14.0. The normalized spacial score (nSPS) is 24.4. The number of halogens is 1. The van der Waals surface area contributed by atoms with Gasteiger partial charge in [0.1, 0.15) is 6.10 Å². The fourth-order valence-electron chi connectivity index (χ4n) is 3.81. The van der Waals surface area contributed by atoms with Gasteiger partial charge in [-0.25, -0.2) is 0 Å². The number of benzene rings is 1. The van der Waals surface area contributed by atoms with Crippen molar-refractivity contribution >= 4 is 29.9 Å². The lowest BCUT2D eigenvalue weighted by atomic mass is 9.97. The van der Waals surface area contributed by atoms with E-state index in [0.29, 0.717) is 5.92 Å². The van der Waals surface area contributed by atoms with Crippen LogP contribution in [0.5, 0.6) is 0 Å². The second kappa shape index (κ2) is 11.9. The number of morpholine rings is 1. The number of hydrogen-bond donors (Lipinski definition) is 1. The fourth-order valence-corrected chi connectivity index (χ4v) is 3.81. The number of aliphatic imine (C=N–C) groups is 1. The molecule has 152 valence electrons. The molecular formula is C21H34IN3O2. The third-order valence-corrected chi connectivity index (χ3v) is 5.33. The molecule has 1 aromatic carbocycles. The Kier molecular flexibility index (Phi) is 9.86. The van der Waals surface area contributed by atoms with Gasteiger partial charge in [0.25, 0.3) is 0 Å². The van der Waals surface area contributed by atoms with Crippen molar-refractivity contribution < 1.29 is 9.47 Å². The molecular weight excluding hydrogens is 453 g/mol. The van der Waals surface area contributed by atoms with Gasteiger partial charge in [-0.05, 0) is 31.7 Å². The quantitative estimate of drug-likeness (QED) is 0.378. The zero-order valence-electron chi connectivity index (χ0n) is 16.6. The van der Waals surface area contributed by atoms with Crippen LogP contribution in [0.2, 0.25) is 0 Å². The van der Waals surface area contributed by atoms with Crippen LogP contribution in [0.4, 0.5) is 0 Å². The Balaban J connectivity index is 0.00000261. The summed E-state index contributed by atoms with van der Waals surface area (Å²) < 4.78 is 11.8. The first-order valence-electron chi connectivity index (χ1n) is 10.1. The maximum absolute atomic E-state index is 5.99. The highest BCUT2D eigenvalue weighted by Crippen LogP contribution is 2.22. The first-order valence-corrected chi connectivity index (χ1v) is 10.1. The molecule has 2 aliphatic rings. The zero-order valence-corrected chi connectivity index (χ0v) is 18.9. The van der Waals surface area contributed by atoms with E-state index < -0.39 is 0 Å². The van der Waals surface area contributed by atoms with Gasteiger partial charge in [0, 0.05) is 38.7 Å². The van der Waals surface area contributed by atoms with Gasteiger partial charge < -0.3 is 19.7 Å². The summed E-state index contributed by atoms with van der Waals surface area (Å²) in [5.74, 6) is 1.47. The summed E-state index contributed by atoms with van der Waals surface area (Å²) in [6.45, 7) is 9.41. The Bertz CT molecular complexity index is 564. The number of guanidine groups is 1. The summed E-state index contributed by atoms with van der Waals surface area (Å²) in [6, 6.07) is 10.7. The number of nitrogens with one attached hydrogen (secondary N) is 1. The molecule has 0 saturated carbocycles. The summed E-state index contributed by atoms with van der Waals surface area (Å²) in [4.78, 5) is 7.33. The van der Waals surface area contributed by atoms with Gasteiger partial charge in [0.2, 0.25) is 0 Å². The number of ether oxygens (including phenoxy) is 2. The van der Waals surface area contributed by atoms with E-state index in [2.05, 4.69) is 54.4 Å². The van der Waals surface area contributed by atoms with E-state index in [1.807, 2.05) is 0 Å². The molecule has 0 aliphatic carbocycles. The monoisotopic (exact) mass is 487 g/mol. The van der Waals surface area contributed by atoms with Crippen molar-refractivity contribution in [3.8, 4) is 0 Å². The second-order valence-electron chi connectivity index (χ2n) is 7.12. The molecule has 0 aromatic heterocycles. The molecule has 2 fully saturated rings. The Morgan fingerprint density at radius 2 is 1.96 bits per heavy atom. The van der Waals surface area contributed by atoms with Crippen LogP contribution in [-0.4, -0.2) is 62.5 Å². The third-order valence-electron chi connectivity index (χ3n) is 5.33. The van der Waals surface area contributed by atoms with Crippen molar-refractivity contribution in [2.45, 2.75) is 51.2 Å². The molecule has 2 aliphatic heterocycles. The van der Waals surface area contributed by atoms with Crippen LogP contribution >= 0.6 is 24.0 Å². The van der Waals surface area contributed by atoms with Crippen LogP contribution in [0, 0.1) is 0 Å². The van der Waals surface area contributed by atoms with E-state index in [1.165, 1.54) is 5.56 Å². The molecule has 2 saturated heterocycles. The largest absolute Gasteiger partial charge is 0.375 e. The topological polar surface area (TPSA) is 46.1 Å². The molecule has 1 N–H and O–H groups in total. The maximum Gasteiger partial charge on any atom is 0.194 e. The van der Waals surface area contributed by atoms with Crippen LogP contribution in [0.25, 0.3) is 0 Å². The minimum absolute atomic E-state index is 0. The zero-order chi connectivity index (χ0) is 18.2. The standard InChI is InChI=1S/C21H33N3O2.HI/c1-3-17(18-9-6-5-7-10-18)15-23-21(22-4-2)24-12-14-26-20(16-24)19-11-8-13-25-19;/h5-7,9-10,17,19-20H,3-4,8,11-16H2,1-2H3,(H,22,23);1H. The van der Waals surface area contributed by atoms with Gasteiger partial charge in [0.05, 0.1) is 12.7 Å². The summed E-state index contributed by atoms with van der Waals surface area (Å²) >= 11 is 0. The van der Waals surface area contributed by atoms with Gasteiger partial charge >= 0.3 is 0 Å². The molecule has 0 spiro atoms. The van der Waals surface area contributed by atoms with Crippen LogP contribution in [0.1, 0.15) is 44.6 Å². The molecule has 3 unspecified atom stereocenters. The highest BCUT2D eigenvalue weighted by Gasteiger charge is 2.32. The van der Waals surface area contributed by atoms with Gasteiger partial charge in [-0.2, -0.15) is 0 Å². The highest BCUT2D eigenvalue weighted by atomic mass is 127. The Morgan fingerprint density at radius 1 is 1.19 bits per heavy atom. The maximum atomic E-state index is 5.99. The van der Waals surface area contributed by atoms with Crippen LogP contribution < -0.4 is 5.32 Å². The number of hydrogen-bond acceptors (Lipinski definition) is 3. The fraction of sp³-hybridized carbons (Fsp3) is 0.667. The van der Waals surface area contributed by atoms with Gasteiger partial charge in [0.15, 0.2) is 5.96 Å². The summed E-state index contributed by atoms with van der Waals surface area (Å²) in [5.41, 5.74) is 1.37. The molecule has 3 atom stereocenters. The second-order valence-corrected chi connectivity index (χ2v) is 7.12. The lowest BCUT2D eigenvalue weighted by molar-refractivity contribution is -0.0817. The van der Waals surface area contributed by atoms with Crippen molar-refractivity contribution in [1.82, 2.24) is 10.2 Å². The van der Waals surface area contributed by atoms with Crippen LogP contribution in [-0.2, 0) is 9.47 Å². The van der Waals surface area contributed by atoms with E-state index in [1.54, 1.807) is 0 Å². The Morgan fingerprint density at radius 3 is 2.63 bits per heavy atom. The molecule has 0 radical (unpaired) electrons. The van der Waals surface area contributed by atoms with E-state index in [9.17, 15) is 0 Å². The minimum Gasteiger partial charge on any atom is -0.375 e. The Labute approximate surface area is 180 Å². The van der Waals surface area contributed by atoms with E-state index in [0.717, 1.165) is 64.6 Å². The summed E-state index contributed by atoms with van der Waals surface area (Å²) in [6.07, 6.45) is 3.75. The molecule has 5 nitrogen and oxygen atoms in total. The van der Waals surface area contributed by atoms with Gasteiger partial charge in [-0.15, -0.1) is 24.0 Å². The first kappa shape index (κ1) is 22.4. The molecule has 6 heteroatoms. The van der Waals surface area contributed by atoms with Crippen molar-refractivity contribution in [3.05, 3.63) is 35.9 Å². The lowest BCUT2D eigenvalue weighted by Crippen LogP contribution is -2.53. The average Bonchev–Trinajstić information content (AvgIpc) is 3.23. The number of rotatable bonds is 6.